The SMILES string of the molecule is CCOC(C)=O.FC1C=Nc2ccccc2O1. The second-order valence-electron chi connectivity index (χ2n) is 3.14. The highest BCUT2D eigenvalue weighted by Crippen LogP contribution is 2.30. The lowest BCUT2D eigenvalue weighted by atomic mass is 10.3. The molecule has 4 nitrogen and oxygen atoms in total. The second-order valence-corrected chi connectivity index (χ2v) is 3.14. The number of esters is 1. The fourth-order valence-electron chi connectivity index (χ4n) is 1.16. The van der Waals surface area contributed by atoms with Gasteiger partial charge in [0.1, 0.15) is 11.4 Å². The number of alkyl halides is 1. The molecule has 1 aliphatic heterocycles. The van der Waals surface area contributed by atoms with Crippen LogP contribution in [0, 0.1) is 0 Å². The Kier molecular flexibility index (Phi) is 5.13. The summed E-state index contributed by atoms with van der Waals surface area (Å²) in [6.45, 7) is 3.65. The molecule has 0 radical (unpaired) electrons. The molecular formula is C12H14FNO3. The average Bonchev–Trinajstić information content (AvgIpc) is 2.29. The van der Waals surface area contributed by atoms with Crippen molar-refractivity contribution in [3.8, 4) is 5.75 Å². The lowest BCUT2D eigenvalue weighted by Gasteiger charge is -2.13. The van der Waals surface area contributed by atoms with Crippen LogP contribution in [-0.2, 0) is 9.53 Å². The zero-order valence-corrected chi connectivity index (χ0v) is 9.72. The topological polar surface area (TPSA) is 47.9 Å². The molecule has 0 aliphatic carbocycles. The summed E-state index contributed by atoms with van der Waals surface area (Å²) in [5.74, 6) is 0.292. The van der Waals surface area contributed by atoms with Gasteiger partial charge in [-0.25, -0.2) is 0 Å². The van der Waals surface area contributed by atoms with Crippen LogP contribution in [0.4, 0.5) is 10.1 Å². The predicted octanol–water partition coefficient (Wildman–Crippen LogP) is 2.65. The molecule has 0 bridgehead atoms. The first kappa shape index (κ1) is 13.2. The van der Waals surface area contributed by atoms with E-state index in [0.717, 1.165) is 6.21 Å². The first-order valence-electron chi connectivity index (χ1n) is 5.20. The Morgan fingerprint density at radius 2 is 2.24 bits per heavy atom. The molecule has 2 rings (SSSR count). The van der Waals surface area contributed by atoms with E-state index in [1.807, 2.05) is 6.07 Å². The van der Waals surface area contributed by atoms with Crippen LogP contribution in [0.2, 0.25) is 0 Å². The van der Waals surface area contributed by atoms with Crippen molar-refractivity contribution in [1.82, 2.24) is 0 Å². The Hall–Kier alpha value is -1.91. The van der Waals surface area contributed by atoms with Gasteiger partial charge >= 0.3 is 5.97 Å². The van der Waals surface area contributed by atoms with Crippen molar-refractivity contribution >= 4 is 17.9 Å². The number of rotatable bonds is 1. The Balaban J connectivity index is 0.000000209. The number of hydrogen-bond donors (Lipinski definition) is 0. The minimum absolute atomic E-state index is 0.211. The van der Waals surface area contributed by atoms with Crippen molar-refractivity contribution in [1.29, 1.82) is 0 Å². The summed E-state index contributed by atoms with van der Waals surface area (Å²) >= 11 is 0. The third-order valence-electron chi connectivity index (χ3n) is 1.78. The monoisotopic (exact) mass is 239 g/mol. The van der Waals surface area contributed by atoms with Crippen molar-refractivity contribution in [2.75, 3.05) is 6.61 Å². The Bertz CT molecular complexity index is 406. The van der Waals surface area contributed by atoms with Crippen LogP contribution in [0.3, 0.4) is 0 Å². The van der Waals surface area contributed by atoms with E-state index in [9.17, 15) is 9.18 Å². The van der Waals surface area contributed by atoms with E-state index in [0.29, 0.717) is 18.0 Å². The van der Waals surface area contributed by atoms with E-state index >= 15 is 0 Å². The summed E-state index contributed by atoms with van der Waals surface area (Å²) in [7, 11) is 0. The van der Waals surface area contributed by atoms with Gasteiger partial charge in [-0.05, 0) is 19.1 Å². The molecule has 1 atom stereocenters. The number of hydrogen-bond acceptors (Lipinski definition) is 4. The molecule has 0 N–H and O–H groups in total. The number of nitrogens with zero attached hydrogens (tertiary/aromatic N) is 1. The van der Waals surface area contributed by atoms with E-state index in [4.69, 9.17) is 4.74 Å². The number of halogens is 1. The molecule has 1 heterocycles. The van der Waals surface area contributed by atoms with Crippen molar-refractivity contribution in [3.05, 3.63) is 24.3 Å². The van der Waals surface area contributed by atoms with Gasteiger partial charge in [0.25, 0.3) is 6.36 Å². The van der Waals surface area contributed by atoms with Gasteiger partial charge in [0, 0.05) is 6.92 Å². The lowest BCUT2D eigenvalue weighted by Crippen LogP contribution is -2.14. The molecule has 5 heteroatoms. The van der Waals surface area contributed by atoms with E-state index < -0.39 is 6.36 Å². The zero-order valence-electron chi connectivity index (χ0n) is 9.72. The maximum Gasteiger partial charge on any atom is 0.302 e. The molecule has 1 unspecified atom stereocenters. The molecule has 1 aliphatic rings. The number of aliphatic imine (C=N–C) groups is 1. The number of carbonyl (C=O) groups is 1. The number of fused-ring (bicyclic) bond motifs is 1. The lowest BCUT2D eigenvalue weighted by molar-refractivity contribution is -0.140. The van der Waals surface area contributed by atoms with Crippen molar-refractivity contribution < 1.29 is 18.7 Å². The summed E-state index contributed by atoms with van der Waals surface area (Å²) in [4.78, 5) is 13.7. The minimum atomic E-state index is -1.40. The molecule has 0 fully saturated rings. The molecule has 0 saturated carbocycles. The predicted molar refractivity (Wildman–Crippen MR) is 62.4 cm³/mol. The highest BCUT2D eigenvalue weighted by molar-refractivity contribution is 5.72. The van der Waals surface area contributed by atoms with E-state index in [2.05, 4.69) is 9.73 Å². The maximum absolute atomic E-state index is 12.5. The normalized spacial score (nSPS) is 16.1. The van der Waals surface area contributed by atoms with Gasteiger partial charge in [-0.3, -0.25) is 9.79 Å². The molecular weight excluding hydrogens is 225 g/mol. The fourth-order valence-corrected chi connectivity index (χ4v) is 1.16. The van der Waals surface area contributed by atoms with Gasteiger partial charge in [-0.2, -0.15) is 4.39 Å². The highest BCUT2D eigenvalue weighted by Gasteiger charge is 2.12. The van der Waals surface area contributed by atoms with Gasteiger partial charge in [-0.1, -0.05) is 12.1 Å². The summed E-state index contributed by atoms with van der Waals surface area (Å²) in [6.07, 6.45) is -0.257. The molecule has 0 spiro atoms. The average molecular weight is 239 g/mol. The van der Waals surface area contributed by atoms with E-state index in [1.165, 1.54) is 6.92 Å². The van der Waals surface area contributed by atoms with E-state index in [1.54, 1.807) is 25.1 Å². The fraction of sp³-hybridized carbons (Fsp3) is 0.333. The van der Waals surface area contributed by atoms with Gasteiger partial charge < -0.3 is 9.47 Å². The van der Waals surface area contributed by atoms with Crippen molar-refractivity contribution in [2.45, 2.75) is 20.2 Å². The third kappa shape index (κ3) is 4.63. The number of benzene rings is 1. The molecule has 17 heavy (non-hydrogen) atoms. The van der Waals surface area contributed by atoms with Crippen molar-refractivity contribution in [2.24, 2.45) is 4.99 Å². The first-order valence-corrected chi connectivity index (χ1v) is 5.20. The zero-order chi connectivity index (χ0) is 12.7. The molecule has 0 saturated heterocycles. The number of para-hydroxylation sites is 2. The maximum atomic E-state index is 12.5. The van der Waals surface area contributed by atoms with E-state index in [-0.39, 0.29) is 5.97 Å². The molecule has 1 aromatic rings. The largest absolute Gasteiger partial charge is 0.466 e. The van der Waals surface area contributed by atoms with Crippen LogP contribution in [0.5, 0.6) is 5.75 Å². The minimum Gasteiger partial charge on any atom is -0.466 e. The second kappa shape index (κ2) is 6.62. The van der Waals surface area contributed by atoms with Gasteiger partial charge in [-0.15, -0.1) is 0 Å². The number of carbonyl (C=O) groups excluding carboxylic acids is 1. The number of ether oxygens (including phenoxy) is 2. The smallest absolute Gasteiger partial charge is 0.302 e. The quantitative estimate of drug-likeness (QED) is 0.708. The molecule has 92 valence electrons. The third-order valence-corrected chi connectivity index (χ3v) is 1.78. The Labute approximate surface area is 99.1 Å². The summed E-state index contributed by atoms with van der Waals surface area (Å²) < 4.78 is 21.7. The Morgan fingerprint density at radius 3 is 2.82 bits per heavy atom. The summed E-state index contributed by atoms with van der Waals surface area (Å²) in [5.41, 5.74) is 0.682. The van der Waals surface area contributed by atoms with Crippen LogP contribution in [0.25, 0.3) is 0 Å². The van der Waals surface area contributed by atoms with Crippen LogP contribution in [0.15, 0.2) is 29.3 Å². The standard InChI is InChI=1S/C8H6FNO.C4H8O2/c9-8-5-10-6-3-1-2-4-7(6)11-8;1-3-6-4(2)5/h1-5,8H;3H2,1-2H3. The van der Waals surface area contributed by atoms with Crippen LogP contribution >= 0.6 is 0 Å². The Morgan fingerprint density at radius 1 is 1.53 bits per heavy atom. The van der Waals surface area contributed by atoms with Gasteiger partial charge in [0.15, 0.2) is 0 Å². The molecule has 1 aromatic carbocycles. The van der Waals surface area contributed by atoms with Crippen LogP contribution in [-0.4, -0.2) is 25.1 Å². The van der Waals surface area contributed by atoms with Crippen LogP contribution in [0.1, 0.15) is 13.8 Å². The molecule has 0 amide bonds. The first-order chi connectivity index (χ1) is 8.13. The van der Waals surface area contributed by atoms with Gasteiger partial charge in [0.05, 0.1) is 12.8 Å². The van der Waals surface area contributed by atoms with Crippen molar-refractivity contribution in [3.63, 3.8) is 0 Å². The summed E-state index contributed by atoms with van der Waals surface area (Å²) in [5, 5.41) is 0. The van der Waals surface area contributed by atoms with Crippen LogP contribution < -0.4 is 4.74 Å². The molecule has 0 aromatic heterocycles. The van der Waals surface area contributed by atoms with Gasteiger partial charge in [0.2, 0.25) is 0 Å². The summed E-state index contributed by atoms with van der Waals surface area (Å²) in [6, 6.07) is 7.08. The highest BCUT2D eigenvalue weighted by atomic mass is 19.1.